The Balaban J connectivity index is 2.04. The fourth-order valence-electron chi connectivity index (χ4n) is 2.67. The van der Waals surface area contributed by atoms with E-state index in [0.717, 1.165) is 16.0 Å². The predicted molar refractivity (Wildman–Crippen MR) is 97.6 cm³/mol. The van der Waals surface area contributed by atoms with Crippen LogP contribution in [-0.2, 0) is 0 Å². The maximum atomic E-state index is 11.9. The number of nitrogens with zero attached hydrogens (tertiary/aromatic N) is 1. The molecule has 0 radical (unpaired) electrons. The summed E-state index contributed by atoms with van der Waals surface area (Å²) in [6.07, 6.45) is -0.948. The number of nitriles is 1. The Bertz CT molecular complexity index is 1050. The molecule has 0 fully saturated rings. The van der Waals surface area contributed by atoms with Crippen molar-refractivity contribution in [2.45, 2.75) is 13.0 Å². The minimum atomic E-state index is -0.948. The molecule has 4 N–H and O–H groups in total. The highest BCUT2D eigenvalue weighted by atomic mass is 32.1. The van der Waals surface area contributed by atoms with Crippen LogP contribution in [0.4, 0.5) is 0 Å². The lowest BCUT2D eigenvalue weighted by atomic mass is 10.0. The summed E-state index contributed by atoms with van der Waals surface area (Å²) < 4.78 is 5.38. The summed E-state index contributed by atoms with van der Waals surface area (Å²) in [6.45, 7) is 1.46. The third-order valence-electron chi connectivity index (χ3n) is 3.92. The Hall–Kier alpha value is -2.86. The first-order valence-corrected chi connectivity index (χ1v) is 8.58. The van der Waals surface area contributed by atoms with Crippen LogP contribution in [-0.4, -0.2) is 39.6 Å². The van der Waals surface area contributed by atoms with E-state index in [-0.39, 0.29) is 24.5 Å². The summed E-state index contributed by atoms with van der Waals surface area (Å²) in [5.41, 5.74) is 0.596. The average molecular weight is 372 g/mol. The molecule has 1 aromatic carbocycles. The number of hydrogen-bond acceptors (Lipinski definition) is 7. The number of aryl methyl sites for hydroxylation is 1. The van der Waals surface area contributed by atoms with Crippen molar-refractivity contribution >= 4 is 21.6 Å². The van der Waals surface area contributed by atoms with Crippen molar-refractivity contribution in [3.63, 3.8) is 0 Å². The molecule has 0 aliphatic carbocycles. The van der Waals surface area contributed by atoms with E-state index in [4.69, 9.17) is 15.1 Å². The van der Waals surface area contributed by atoms with Gasteiger partial charge in [0, 0.05) is 10.4 Å². The number of H-pyrrole nitrogens is 1. The van der Waals surface area contributed by atoms with Gasteiger partial charge in [0.25, 0.3) is 5.56 Å². The second-order valence-electron chi connectivity index (χ2n) is 5.70. The monoisotopic (exact) mass is 372 g/mol. The molecule has 134 valence electrons. The summed E-state index contributed by atoms with van der Waals surface area (Å²) in [4.78, 5) is 15.9. The molecule has 0 saturated carbocycles. The van der Waals surface area contributed by atoms with Gasteiger partial charge in [-0.15, -0.1) is 11.3 Å². The molecule has 0 spiro atoms. The van der Waals surface area contributed by atoms with Crippen molar-refractivity contribution < 1.29 is 20.1 Å². The molecule has 3 aromatic rings. The molecule has 1 atom stereocenters. The summed E-state index contributed by atoms with van der Waals surface area (Å²) in [5.74, 6) is 0.200. The molecular weight excluding hydrogens is 356 g/mol. The summed E-state index contributed by atoms with van der Waals surface area (Å²) in [5, 5.41) is 38.1. The molecule has 1 unspecified atom stereocenters. The number of aliphatic hydroxyl groups excluding tert-OH is 2. The highest BCUT2D eigenvalue weighted by molar-refractivity contribution is 7.19. The number of benzene rings is 1. The van der Waals surface area contributed by atoms with Crippen LogP contribution >= 0.6 is 11.3 Å². The first kappa shape index (κ1) is 17.9. The number of aromatic nitrogens is 1. The topological polar surface area (TPSA) is 127 Å². The molecule has 8 heteroatoms. The number of thiophene rings is 1. The number of aliphatic hydroxyl groups is 2. The van der Waals surface area contributed by atoms with E-state index in [9.17, 15) is 15.0 Å². The molecule has 0 bridgehead atoms. The Morgan fingerprint density at radius 3 is 2.65 bits per heavy atom. The van der Waals surface area contributed by atoms with Gasteiger partial charge in [0.05, 0.1) is 12.0 Å². The number of pyridine rings is 1. The lowest BCUT2D eigenvalue weighted by Crippen LogP contribution is -2.21. The molecule has 2 aromatic heterocycles. The van der Waals surface area contributed by atoms with Gasteiger partial charge in [0.1, 0.15) is 35.1 Å². The smallest absolute Gasteiger partial charge is 0.270 e. The van der Waals surface area contributed by atoms with Gasteiger partial charge < -0.3 is 25.0 Å². The van der Waals surface area contributed by atoms with Crippen LogP contribution in [0.15, 0.2) is 29.1 Å². The fraction of sp³-hybridized carbons (Fsp3) is 0.222. The number of nitrogens with one attached hydrogen (secondary N) is 1. The van der Waals surface area contributed by atoms with E-state index in [1.165, 1.54) is 11.3 Å². The number of hydrogen-bond donors (Lipinski definition) is 4. The standard InChI is InChI=1S/C18H16N2O5S/c1-9-14(10-2-4-12(5-3-10)25-8-11(22)7-21)15-16(23)13(6-19)17(24)20-18(15)26-9/h2-5,11,21-22H,7-8H2,1H3,(H2,20,23,24). The van der Waals surface area contributed by atoms with Crippen LogP contribution < -0.4 is 10.3 Å². The van der Waals surface area contributed by atoms with E-state index in [2.05, 4.69) is 4.98 Å². The van der Waals surface area contributed by atoms with Crippen LogP contribution in [0.2, 0.25) is 0 Å². The molecule has 0 aliphatic heterocycles. The third-order valence-corrected chi connectivity index (χ3v) is 4.94. The van der Waals surface area contributed by atoms with E-state index in [0.29, 0.717) is 16.0 Å². The van der Waals surface area contributed by atoms with Crippen molar-refractivity contribution in [1.82, 2.24) is 4.98 Å². The Kier molecular flexibility index (Phi) is 4.95. The Labute approximate surface area is 152 Å². The molecule has 3 rings (SSSR count). The predicted octanol–water partition coefficient (Wildman–Crippen LogP) is 1.87. The average Bonchev–Trinajstić information content (AvgIpc) is 2.96. The SMILES string of the molecule is Cc1sc2[nH]c(=O)c(C#N)c(O)c2c1-c1ccc(OCC(O)CO)cc1. The second kappa shape index (κ2) is 7.17. The molecule has 7 nitrogen and oxygen atoms in total. The van der Waals surface area contributed by atoms with Crippen molar-refractivity contribution in [1.29, 1.82) is 5.26 Å². The van der Waals surface area contributed by atoms with Crippen molar-refractivity contribution in [3.05, 3.63) is 45.1 Å². The lowest BCUT2D eigenvalue weighted by molar-refractivity contribution is 0.0536. The van der Waals surface area contributed by atoms with E-state index in [1.54, 1.807) is 30.3 Å². The van der Waals surface area contributed by atoms with Gasteiger partial charge in [-0.1, -0.05) is 12.1 Å². The van der Waals surface area contributed by atoms with Gasteiger partial charge in [0.15, 0.2) is 5.56 Å². The number of fused-ring (bicyclic) bond motifs is 1. The van der Waals surface area contributed by atoms with E-state index >= 15 is 0 Å². The van der Waals surface area contributed by atoms with Crippen LogP contribution in [0.3, 0.4) is 0 Å². The molecule has 0 saturated heterocycles. The zero-order valence-electron chi connectivity index (χ0n) is 13.8. The van der Waals surface area contributed by atoms with E-state index < -0.39 is 11.7 Å². The molecule has 0 amide bonds. The Morgan fingerprint density at radius 1 is 1.35 bits per heavy atom. The van der Waals surface area contributed by atoms with Gasteiger partial charge in [-0.25, -0.2) is 0 Å². The van der Waals surface area contributed by atoms with Gasteiger partial charge >= 0.3 is 0 Å². The maximum absolute atomic E-state index is 11.9. The molecular formula is C18H16N2O5S. The minimum Gasteiger partial charge on any atom is -0.506 e. The summed E-state index contributed by atoms with van der Waals surface area (Å²) >= 11 is 1.33. The highest BCUT2D eigenvalue weighted by Gasteiger charge is 2.20. The molecule has 26 heavy (non-hydrogen) atoms. The molecule has 0 aliphatic rings. The normalized spacial score (nSPS) is 12.1. The van der Waals surface area contributed by atoms with Crippen molar-refractivity contribution in [3.8, 4) is 28.7 Å². The quantitative estimate of drug-likeness (QED) is 0.542. The van der Waals surface area contributed by atoms with E-state index in [1.807, 2.05) is 6.92 Å². The number of aromatic amines is 1. The Morgan fingerprint density at radius 2 is 2.04 bits per heavy atom. The second-order valence-corrected chi connectivity index (χ2v) is 6.92. The third kappa shape index (κ3) is 3.15. The van der Waals surface area contributed by atoms with Crippen LogP contribution in [0.25, 0.3) is 21.3 Å². The zero-order valence-corrected chi connectivity index (χ0v) is 14.6. The number of rotatable bonds is 5. The first-order valence-electron chi connectivity index (χ1n) is 7.76. The van der Waals surface area contributed by atoms with Gasteiger partial charge in [-0.2, -0.15) is 5.26 Å². The van der Waals surface area contributed by atoms with Crippen molar-refractivity contribution in [2.24, 2.45) is 0 Å². The minimum absolute atomic E-state index is 0.0240. The summed E-state index contributed by atoms with van der Waals surface area (Å²) in [7, 11) is 0. The van der Waals surface area contributed by atoms with Crippen LogP contribution in [0, 0.1) is 18.3 Å². The lowest BCUT2D eigenvalue weighted by Gasteiger charge is -2.10. The maximum Gasteiger partial charge on any atom is 0.270 e. The van der Waals surface area contributed by atoms with Gasteiger partial charge in [0.2, 0.25) is 0 Å². The number of ether oxygens (including phenoxy) is 1. The fourth-order valence-corrected chi connectivity index (χ4v) is 3.74. The number of aromatic hydroxyl groups is 1. The highest BCUT2D eigenvalue weighted by Crippen LogP contribution is 2.42. The summed E-state index contributed by atoms with van der Waals surface area (Å²) in [6, 6.07) is 8.71. The van der Waals surface area contributed by atoms with Crippen LogP contribution in [0.5, 0.6) is 11.5 Å². The first-order chi connectivity index (χ1) is 12.5. The zero-order chi connectivity index (χ0) is 18.8. The van der Waals surface area contributed by atoms with Gasteiger partial charge in [-0.05, 0) is 24.6 Å². The van der Waals surface area contributed by atoms with Crippen molar-refractivity contribution in [2.75, 3.05) is 13.2 Å². The van der Waals surface area contributed by atoms with Crippen LogP contribution in [0.1, 0.15) is 10.4 Å². The largest absolute Gasteiger partial charge is 0.506 e. The van der Waals surface area contributed by atoms with Gasteiger partial charge in [-0.3, -0.25) is 4.79 Å². The molecule has 2 heterocycles.